The molecular formula is C16H28ClN3O3S. The number of nitrogens with two attached hydrogens (primary N) is 1. The Morgan fingerprint density at radius 3 is 2.38 bits per heavy atom. The van der Waals surface area contributed by atoms with Crippen LogP contribution in [-0.4, -0.2) is 44.3 Å². The molecule has 0 bridgehead atoms. The molecule has 0 radical (unpaired) electrons. The Morgan fingerprint density at radius 2 is 1.88 bits per heavy atom. The van der Waals surface area contributed by atoms with Crippen molar-refractivity contribution < 1.29 is 13.2 Å². The second-order valence-corrected chi connectivity index (χ2v) is 7.53. The minimum absolute atomic E-state index is 0. The van der Waals surface area contributed by atoms with E-state index in [0.717, 1.165) is 5.56 Å². The summed E-state index contributed by atoms with van der Waals surface area (Å²) in [6, 6.07) is 4.66. The van der Waals surface area contributed by atoms with Gasteiger partial charge in [-0.25, -0.2) is 8.42 Å². The highest BCUT2D eigenvalue weighted by atomic mass is 35.5. The second kappa shape index (κ2) is 9.98. The first-order valence-electron chi connectivity index (χ1n) is 7.88. The molecule has 0 heterocycles. The number of hydrogen-bond donors (Lipinski definition) is 2. The van der Waals surface area contributed by atoms with Crippen molar-refractivity contribution in [3.05, 3.63) is 29.3 Å². The van der Waals surface area contributed by atoms with Crippen molar-refractivity contribution in [2.24, 2.45) is 5.73 Å². The van der Waals surface area contributed by atoms with E-state index >= 15 is 0 Å². The predicted octanol–water partition coefficient (Wildman–Crippen LogP) is 1.91. The van der Waals surface area contributed by atoms with Crippen LogP contribution in [0.3, 0.4) is 0 Å². The molecule has 0 aliphatic carbocycles. The lowest BCUT2D eigenvalue weighted by atomic mass is 10.1. The second-order valence-electron chi connectivity index (χ2n) is 5.59. The zero-order valence-corrected chi connectivity index (χ0v) is 16.3. The average Bonchev–Trinajstić information content (AvgIpc) is 2.47. The van der Waals surface area contributed by atoms with Gasteiger partial charge in [-0.15, -0.1) is 12.4 Å². The van der Waals surface area contributed by atoms with Gasteiger partial charge in [0.05, 0.1) is 4.90 Å². The number of carbonyl (C=O) groups is 1. The Kier molecular flexibility index (Phi) is 9.50. The number of sulfonamides is 1. The number of aryl methyl sites for hydroxylation is 1. The van der Waals surface area contributed by atoms with Gasteiger partial charge in [-0.1, -0.05) is 19.9 Å². The average molecular weight is 378 g/mol. The minimum Gasteiger partial charge on any atom is -0.352 e. The van der Waals surface area contributed by atoms with E-state index in [2.05, 4.69) is 5.32 Å². The van der Waals surface area contributed by atoms with Crippen molar-refractivity contribution in [1.29, 1.82) is 0 Å². The fourth-order valence-corrected chi connectivity index (χ4v) is 3.71. The van der Waals surface area contributed by atoms with E-state index in [1.807, 2.05) is 6.92 Å². The number of carbonyl (C=O) groups excluding carboxylic acids is 1. The number of amides is 1. The van der Waals surface area contributed by atoms with Crippen LogP contribution in [0.15, 0.2) is 23.1 Å². The van der Waals surface area contributed by atoms with Gasteiger partial charge in [-0.05, 0) is 38.0 Å². The van der Waals surface area contributed by atoms with Crippen molar-refractivity contribution in [3.63, 3.8) is 0 Å². The third kappa shape index (κ3) is 5.73. The summed E-state index contributed by atoms with van der Waals surface area (Å²) in [5.41, 5.74) is 6.77. The number of rotatable bonds is 8. The van der Waals surface area contributed by atoms with Crippen LogP contribution in [0.1, 0.15) is 43.1 Å². The summed E-state index contributed by atoms with van der Waals surface area (Å²) in [6.07, 6.45) is 0.669. The molecule has 138 valence electrons. The van der Waals surface area contributed by atoms with Crippen LogP contribution >= 0.6 is 12.4 Å². The van der Waals surface area contributed by atoms with E-state index in [1.165, 1.54) is 10.4 Å². The predicted molar refractivity (Wildman–Crippen MR) is 99.1 cm³/mol. The van der Waals surface area contributed by atoms with Crippen LogP contribution in [0.25, 0.3) is 0 Å². The summed E-state index contributed by atoms with van der Waals surface area (Å²) in [4.78, 5) is 12.4. The molecule has 0 aliphatic heterocycles. The maximum atomic E-state index is 12.6. The maximum absolute atomic E-state index is 12.6. The number of nitrogens with zero attached hydrogens (tertiary/aromatic N) is 1. The minimum atomic E-state index is -3.57. The van der Waals surface area contributed by atoms with Crippen LogP contribution < -0.4 is 11.1 Å². The van der Waals surface area contributed by atoms with Gasteiger partial charge in [0.1, 0.15) is 0 Å². The maximum Gasteiger partial charge on any atom is 0.251 e. The first kappa shape index (κ1) is 22.9. The Bertz CT molecular complexity index is 644. The fraction of sp³-hybridized carbons (Fsp3) is 0.562. The SMILES string of the molecule is CCN(CC)S(=O)(=O)c1ccc(C)c(C(=O)NCCC(C)N)c1.Cl. The van der Waals surface area contributed by atoms with Gasteiger partial charge >= 0.3 is 0 Å². The molecule has 1 unspecified atom stereocenters. The summed E-state index contributed by atoms with van der Waals surface area (Å²) in [5.74, 6) is -0.278. The summed E-state index contributed by atoms with van der Waals surface area (Å²) in [5, 5.41) is 2.78. The lowest BCUT2D eigenvalue weighted by Gasteiger charge is -2.19. The fourth-order valence-electron chi connectivity index (χ4n) is 2.23. The van der Waals surface area contributed by atoms with Crippen LogP contribution in [-0.2, 0) is 10.0 Å². The Hall–Kier alpha value is -1.15. The molecule has 0 aliphatic rings. The third-order valence-electron chi connectivity index (χ3n) is 3.68. The van der Waals surface area contributed by atoms with Crippen molar-refractivity contribution in [1.82, 2.24) is 9.62 Å². The standard InChI is InChI=1S/C16H27N3O3S.ClH/c1-5-19(6-2)23(21,22)14-8-7-12(3)15(11-14)16(20)18-10-9-13(4)17;/h7-8,11,13H,5-6,9-10,17H2,1-4H3,(H,18,20);1H. The van der Waals surface area contributed by atoms with Crippen molar-refractivity contribution >= 4 is 28.3 Å². The highest BCUT2D eigenvalue weighted by molar-refractivity contribution is 7.89. The van der Waals surface area contributed by atoms with Crippen LogP contribution in [0.4, 0.5) is 0 Å². The summed E-state index contributed by atoms with van der Waals surface area (Å²) < 4.78 is 26.5. The summed E-state index contributed by atoms with van der Waals surface area (Å²) >= 11 is 0. The van der Waals surface area contributed by atoms with E-state index in [1.54, 1.807) is 32.9 Å². The molecule has 8 heteroatoms. The van der Waals surface area contributed by atoms with Crippen molar-refractivity contribution in [3.8, 4) is 0 Å². The number of nitrogens with one attached hydrogen (secondary N) is 1. The highest BCUT2D eigenvalue weighted by Gasteiger charge is 2.23. The third-order valence-corrected chi connectivity index (χ3v) is 5.73. The quantitative estimate of drug-likeness (QED) is 0.723. The molecule has 0 aromatic heterocycles. The molecule has 0 fully saturated rings. The van der Waals surface area contributed by atoms with Gasteiger partial charge in [0.15, 0.2) is 0 Å². The summed E-state index contributed by atoms with van der Waals surface area (Å²) in [6.45, 7) is 8.48. The molecule has 1 amide bonds. The van der Waals surface area contributed by atoms with Gasteiger partial charge in [0.2, 0.25) is 10.0 Å². The number of halogens is 1. The topological polar surface area (TPSA) is 92.5 Å². The zero-order chi connectivity index (χ0) is 17.6. The molecule has 1 atom stereocenters. The lowest BCUT2D eigenvalue weighted by Crippen LogP contribution is -2.32. The molecule has 0 saturated heterocycles. The van der Waals surface area contributed by atoms with Crippen molar-refractivity contribution in [2.45, 2.75) is 45.1 Å². The Balaban J connectivity index is 0.00000529. The van der Waals surface area contributed by atoms with Gasteiger partial charge < -0.3 is 11.1 Å². The smallest absolute Gasteiger partial charge is 0.251 e. The summed E-state index contributed by atoms with van der Waals surface area (Å²) in [7, 11) is -3.57. The molecule has 0 spiro atoms. The molecular weight excluding hydrogens is 350 g/mol. The van der Waals surface area contributed by atoms with Gasteiger partial charge in [-0.3, -0.25) is 4.79 Å². The first-order valence-corrected chi connectivity index (χ1v) is 9.32. The van der Waals surface area contributed by atoms with Crippen LogP contribution in [0.5, 0.6) is 0 Å². The van der Waals surface area contributed by atoms with E-state index in [-0.39, 0.29) is 29.3 Å². The molecule has 6 nitrogen and oxygen atoms in total. The molecule has 1 aromatic carbocycles. The van der Waals surface area contributed by atoms with Crippen molar-refractivity contribution in [2.75, 3.05) is 19.6 Å². The molecule has 0 saturated carbocycles. The van der Waals surface area contributed by atoms with Gasteiger partial charge in [0.25, 0.3) is 5.91 Å². The Labute approximate surface area is 151 Å². The lowest BCUT2D eigenvalue weighted by molar-refractivity contribution is 0.0952. The molecule has 24 heavy (non-hydrogen) atoms. The number of hydrogen-bond acceptors (Lipinski definition) is 4. The van der Waals surface area contributed by atoms with Gasteiger partial charge in [-0.2, -0.15) is 4.31 Å². The first-order chi connectivity index (χ1) is 10.7. The number of benzene rings is 1. The van der Waals surface area contributed by atoms with E-state index in [9.17, 15) is 13.2 Å². The molecule has 1 aromatic rings. The zero-order valence-electron chi connectivity index (χ0n) is 14.7. The highest BCUT2D eigenvalue weighted by Crippen LogP contribution is 2.19. The Morgan fingerprint density at radius 1 is 1.29 bits per heavy atom. The van der Waals surface area contributed by atoms with Crippen LogP contribution in [0, 0.1) is 6.92 Å². The van der Waals surface area contributed by atoms with E-state index in [4.69, 9.17) is 5.73 Å². The molecule has 1 rings (SSSR count). The molecule has 3 N–H and O–H groups in total. The van der Waals surface area contributed by atoms with E-state index in [0.29, 0.717) is 31.6 Å². The monoisotopic (exact) mass is 377 g/mol. The van der Waals surface area contributed by atoms with Crippen LogP contribution in [0.2, 0.25) is 0 Å². The largest absolute Gasteiger partial charge is 0.352 e. The normalized spacial score (nSPS) is 12.6. The van der Waals surface area contributed by atoms with E-state index < -0.39 is 10.0 Å². The van der Waals surface area contributed by atoms with Gasteiger partial charge in [0, 0.05) is 31.2 Å².